The second-order valence-corrected chi connectivity index (χ2v) is 7.27. The van der Waals surface area contributed by atoms with Crippen molar-refractivity contribution < 1.29 is 14.6 Å². The minimum absolute atomic E-state index is 0.0877. The first-order valence-corrected chi connectivity index (χ1v) is 9.07. The Hall–Kier alpha value is -1.86. The predicted molar refractivity (Wildman–Crippen MR) is 105 cm³/mol. The normalized spacial score (nSPS) is 10.9. The van der Waals surface area contributed by atoms with Crippen LogP contribution in [0.15, 0.2) is 38.3 Å². The van der Waals surface area contributed by atoms with Crippen molar-refractivity contribution in [3.05, 3.63) is 55.5 Å². The van der Waals surface area contributed by atoms with Gasteiger partial charge in [0.2, 0.25) is 0 Å². The average molecular weight is 470 g/mol. The summed E-state index contributed by atoms with van der Waals surface area (Å²) in [6.07, 6.45) is 1.44. The van der Waals surface area contributed by atoms with Crippen molar-refractivity contribution in [3.8, 4) is 11.5 Å². The van der Waals surface area contributed by atoms with E-state index in [-0.39, 0.29) is 18.3 Å². The number of carbonyl (C=O) groups excluding carboxylic acids is 1. The number of hydrazone groups is 1. The minimum Gasteiger partial charge on any atom is -0.507 e. The maximum absolute atomic E-state index is 11.9. The van der Waals surface area contributed by atoms with Crippen LogP contribution in [0.5, 0.6) is 11.5 Å². The van der Waals surface area contributed by atoms with Gasteiger partial charge in [-0.15, -0.1) is 0 Å². The van der Waals surface area contributed by atoms with Crippen LogP contribution < -0.4 is 10.2 Å². The molecule has 2 aromatic carbocycles. The summed E-state index contributed by atoms with van der Waals surface area (Å²) in [6, 6.07) is 7.21. The van der Waals surface area contributed by atoms with Gasteiger partial charge in [0.1, 0.15) is 11.5 Å². The Kier molecular flexibility index (Phi) is 6.61. The van der Waals surface area contributed by atoms with Gasteiger partial charge in [-0.25, -0.2) is 5.43 Å². The molecule has 2 N–H and O–H groups in total. The standard InChI is InChI=1S/C18H18Br2N2O3/c1-10-4-5-11(2)18(12(10)3)25-9-17(24)22-21-8-13-6-16(23)15(20)7-14(13)19/h4-8,23H,9H2,1-3H3,(H,22,24)/b21-8+. The van der Waals surface area contributed by atoms with E-state index in [0.717, 1.165) is 26.9 Å². The quantitative estimate of drug-likeness (QED) is 0.504. The SMILES string of the molecule is Cc1ccc(C)c(OCC(=O)N/N=C/c2cc(O)c(Br)cc2Br)c1C. The molecule has 0 aromatic heterocycles. The second-order valence-electron chi connectivity index (χ2n) is 5.56. The Morgan fingerprint density at radius 3 is 2.60 bits per heavy atom. The molecule has 0 atom stereocenters. The summed E-state index contributed by atoms with van der Waals surface area (Å²) in [7, 11) is 0. The lowest BCUT2D eigenvalue weighted by Crippen LogP contribution is -2.25. The third-order valence-electron chi connectivity index (χ3n) is 3.68. The fourth-order valence-electron chi connectivity index (χ4n) is 2.14. The molecule has 0 spiro atoms. The molecule has 132 valence electrons. The van der Waals surface area contributed by atoms with Crippen LogP contribution in [-0.4, -0.2) is 23.8 Å². The maximum Gasteiger partial charge on any atom is 0.277 e. The first kappa shape index (κ1) is 19.5. The van der Waals surface area contributed by atoms with Crippen molar-refractivity contribution in [3.63, 3.8) is 0 Å². The van der Waals surface area contributed by atoms with E-state index in [9.17, 15) is 9.90 Å². The predicted octanol–water partition coefficient (Wildman–Crippen LogP) is 4.37. The van der Waals surface area contributed by atoms with E-state index in [1.807, 2.05) is 32.9 Å². The van der Waals surface area contributed by atoms with Crippen LogP contribution in [0.2, 0.25) is 0 Å². The van der Waals surface area contributed by atoms with E-state index < -0.39 is 0 Å². The van der Waals surface area contributed by atoms with Crippen LogP contribution >= 0.6 is 31.9 Å². The summed E-state index contributed by atoms with van der Waals surface area (Å²) in [5.41, 5.74) is 6.15. The molecule has 0 heterocycles. The average Bonchev–Trinajstić information content (AvgIpc) is 2.56. The van der Waals surface area contributed by atoms with Crippen LogP contribution in [0.1, 0.15) is 22.3 Å². The number of ether oxygens (including phenoxy) is 1. The summed E-state index contributed by atoms with van der Waals surface area (Å²) < 4.78 is 6.93. The Balaban J connectivity index is 1.96. The molecule has 7 heteroatoms. The number of aromatic hydroxyl groups is 1. The van der Waals surface area contributed by atoms with E-state index in [1.54, 1.807) is 6.07 Å². The number of aryl methyl sites for hydroxylation is 2. The molecule has 0 fully saturated rings. The fourth-order valence-corrected chi connectivity index (χ4v) is 3.24. The number of nitrogens with zero attached hydrogens (tertiary/aromatic N) is 1. The summed E-state index contributed by atoms with van der Waals surface area (Å²) >= 11 is 6.58. The van der Waals surface area contributed by atoms with Gasteiger partial charge in [-0.1, -0.05) is 28.1 Å². The molecule has 0 aliphatic carbocycles. The number of amides is 1. The number of benzene rings is 2. The van der Waals surface area contributed by atoms with E-state index in [0.29, 0.717) is 10.0 Å². The van der Waals surface area contributed by atoms with Gasteiger partial charge in [-0.2, -0.15) is 5.10 Å². The van der Waals surface area contributed by atoms with Gasteiger partial charge in [-0.05, 0) is 65.5 Å². The number of hydrogen-bond donors (Lipinski definition) is 2. The number of carbonyl (C=O) groups is 1. The van der Waals surface area contributed by atoms with E-state index in [4.69, 9.17) is 4.74 Å². The number of nitrogens with one attached hydrogen (secondary N) is 1. The summed E-state index contributed by atoms with van der Waals surface area (Å²) in [5.74, 6) is 0.443. The molecule has 0 radical (unpaired) electrons. The van der Waals surface area contributed by atoms with Gasteiger partial charge in [0, 0.05) is 10.0 Å². The molecule has 0 unspecified atom stereocenters. The second kappa shape index (κ2) is 8.49. The molecule has 0 aliphatic heterocycles. The molecule has 1 amide bonds. The first-order chi connectivity index (χ1) is 11.8. The lowest BCUT2D eigenvalue weighted by molar-refractivity contribution is -0.123. The van der Waals surface area contributed by atoms with E-state index >= 15 is 0 Å². The Bertz CT molecular complexity index is 836. The van der Waals surface area contributed by atoms with Crippen molar-refractivity contribution in [1.82, 2.24) is 5.43 Å². The Morgan fingerprint density at radius 2 is 1.88 bits per heavy atom. The van der Waals surface area contributed by atoms with Crippen LogP contribution in [0.25, 0.3) is 0 Å². The van der Waals surface area contributed by atoms with Gasteiger partial charge >= 0.3 is 0 Å². The smallest absolute Gasteiger partial charge is 0.277 e. The van der Waals surface area contributed by atoms with Crippen LogP contribution in [-0.2, 0) is 4.79 Å². The summed E-state index contributed by atoms with van der Waals surface area (Å²) in [5, 5.41) is 13.6. The highest BCUT2D eigenvalue weighted by Crippen LogP contribution is 2.29. The Labute approximate surface area is 163 Å². The van der Waals surface area contributed by atoms with Gasteiger partial charge in [0.15, 0.2) is 6.61 Å². The third-order valence-corrected chi connectivity index (χ3v) is 5.00. The molecule has 0 saturated carbocycles. The number of hydrogen-bond acceptors (Lipinski definition) is 4. The fraction of sp³-hybridized carbons (Fsp3) is 0.222. The van der Waals surface area contributed by atoms with Crippen molar-refractivity contribution in [2.75, 3.05) is 6.61 Å². The molecular formula is C18H18Br2N2O3. The third kappa shape index (κ3) is 5.06. The van der Waals surface area contributed by atoms with Crippen LogP contribution in [0, 0.1) is 20.8 Å². The van der Waals surface area contributed by atoms with Gasteiger partial charge in [0.25, 0.3) is 5.91 Å². The van der Waals surface area contributed by atoms with Crippen LogP contribution in [0.4, 0.5) is 0 Å². The zero-order valence-corrected chi connectivity index (χ0v) is 17.2. The zero-order valence-electron chi connectivity index (χ0n) is 14.1. The molecule has 0 saturated heterocycles. The summed E-state index contributed by atoms with van der Waals surface area (Å²) in [4.78, 5) is 11.9. The number of halogens is 2. The molecular weight excluding hydrogens is 452 g/mol. The highest BCUT2D eigenvalue weighted by atomic mass is 79.9. The van der Waals surface area contributed by atoms with Crippen molar-refractivity contribution in [1.29, 1.82) is 0 Å². The lowest BCUT2D eigenvalue weighted by atomic mass is 10.1. The van der Waals surface area contributed by atoms with E-state index in [2.05, 4.69) is 42.4 Å². The first-order valence-electron chi connectivity index (χ1n) is 7.49. The topological polar surface area (TPSA) is 70.9 Å². The van der Waals surface area contributed by atoms with Crippen molar-refractivity contribution in [2.24, 2.45) is 5.10 Å². The summed E-state index contributed by atoms with van der Waals surface area (Å²) in [6.45, 7) is 5.77. The van der Waals surface area contributed by atoms with E-state index in [1.165, 1.54) is 12.3 Å². The maximum atomic E-state index is 11.9. The molecule has 2 aromatic rings. The monoisotopic (exact) mass is 468 g/mol. The molecule has 5 nitrogen and oxygen atoms in total. The zero-order chi connectivity index (χ0) is 18.6. The number of phenols is 1. The highest BCUT2D eigenvalue weighted by Gasteiger charge is 2.09. The highest BCUT2D eigenvalue weighted by molar-refractivity contribution is 9.11. The molecule has 2 rings (SSSR count). The lowest BCUT2D eigenvalue weighted by Gasteiger charge is -2.13. The number of rotatable bonds is 5. The van der Waals surface area contributed by atoms with Gasteiger partial charge in [0.05, 0.1) is 10.7 Å². The van der Waals surface area contributed by atoms with Crippen LogP contribution in [0.3, 0.4) is 0 Å². The minimum atomic E-state index is -0.367. The van der Waals surface area contributed by atoms with Crippen molar-refractivity contribution >= 4 is 44.0 Å². The van der Waals surface area contributed by atoms with Gasteiger partial charge < -0.3 is 9.84 Å². The van der Waals surface area contributed by atoms with Gasteiger partial charge in [-0.3, -0.25) is 4.79 Å². The molecule has 0 aliphatic rings. The Morgan fingerprint density at radius 1 is 1.20 bits per heavy atom. The number of phenolic OH excluding ortho intramolecular Hbond substituents is 1. The van der Waals surface area contributed by atoms with Crippen molar-refractivity contribution in [2.45, 2.75) is 20.8 Å². The largest absolute Gasteiger partial charge is 0.507 e. The molecule has 0 bridgehead atoms. The molecule has 25 heavy (non-hydrogen) atoms.